The molecule has 106 valence electrons. The maximum atomic E-state index is 11.3. The fourth-order valence-electron chi connectivity index (χ4n) is 1.73. The molecule has 1 aromatic heterocycles. The summed E-state index contributed by atoms with van der Waals surface area (Å²) in [5, 5.41) is 22.9. The number of nitrogens with zero attached hydrogens (tertiary/aromatic N) is 2. The summed E-state index contributed by atoms with van der Waals surface area (Å²) in [6.07, 6.45) is 1.77. The highest BCUT2D eigenvalue weighted by Gasteiger charge is 2.25. The lowest BCUT2D eigenvalue weighted by molar-refractivity contribution is 0.0957. The summed E-state index contributed by atoms with van der Waals surface area (Å²) < 4.78 is 0. The number of anilines is 1. The van der Waals surface area contributed by atoms with E-state index in [0.29, 0.717) is 12.4 Å². The molecule has 0 atom stereocenters. The second-order valence-electron chi connectivity index (χ2n) is 4.60. The standard InChI is InChI=1S/C13H22N4O2/c1-4-13(5-2,9-18)8-15-11-7-6-10(16-17-11)12(19)14-3/h6-7,18H,4-5,8-9H2,1-3H3,(H,14,19)(H,15,17). The zero-order valence-electron chi connectivity index (χ0n) is 11.7. The quantitative estimate of drug-likeness (QED) is 0.686. The largest absolute Gasteiger partial charge is 0.396 e. The third kappa shape index (κ3) is 3.89. The van der Waals surface area contributed by atoms with Gasteiger partial charge in [0.05, 0.1) is 6.61 Å². The molecule has 0 aromatic carbocycles. The van der Waals surface area contributed by atoms with E-state index >= 15 is 0 Å². The Morgan fingerprint density at radius 3 is 2.42 bits per heavy atom. The van der Waals surface area contributed by atoms with E-state index in [-0.39, 0.29) is 23.6 Å². The van der Waals surface area contributed by atoms with Crippen LogP contribution in [0.2, 0.25) is 0 Å². The fraction of sp³-hybridized carbons (Fsp3) is 0.615. The average molecular weight is 266 g/mol. The van der Waals surface area contributed by atoms with Crippen molar-refractivity contribution in [2.45, 2.75) is 26.7 Å². The maximum absolute atomic E-state index is 11.3. The Kier molecular flexibility index (Phi) is 5.69. The van der Waals surface area contributed by atoms with Gasteiger partial charge in [-0.1, -0.05) is 13.8 Å². The van der Waals surface area contributed by atoms with Gasteiger partial charge in [-0.25, -0.2) is 0 Å². The smallest absolute Gasteiger partial charge is 0.271 e. The summed E-state index contributed by atoms with van der Waals surface area (Å²) in [6.45, 7) is 4.88. The highest BCUT2D eigenvalue weighted by molar-refractivity contribution is 5.91. The van der Waals surface area contributed by atoms with Crippen LogP contribution in [0.1, 0.15) is 37.2 Å². The Morgan fingerprint density at radius 1 is 1.32 bits per heavy atom. The predicted molar refractivity (Wildman–Crippen MR) is 74.0 cm³/mol. The van der Waals surface area contributed by atoms with Gasteiger partial charge < -0.3 is 15.7 Å². The van der Waals surface area contributed by atoms with Crippen molar-refractivity contribution in [3.8, 4) is 0 Å². The van der Waals surface area contributed by atoms with Crippen LogP contribution in [0, 0.1) is 5.41 Å². The molecule has 0 unspecified atom stereocenters. The van der Waals surface area contributed by atoms with Gasteiger partial charge in [0.25, 0.3) is 5.91 Å². The molecule has 6 nitrogen and oxygen atoms in total. The zero-order chi connectivity index (χ0) is 14.3. The van der Waals surface area contributed by atoms with Crippen LogP contribution in [0.4, 0.5) is 5.82 Å². The maximum Gasteiger partial charge on any atom is 0.271 e. The SMILES string of the molecule is CCC(CC)(CO)CNc1ccc(C(=O)NC)nn1. The van der Waals surface area contributed by atoms with Crippen LogP contribution >= 0.6 is 0 Å². The summed E-state index contributed by atoms with van der Waals surface area (Å²) in [5.74, 6) is 0.346. The lowest BCUT2D eigenvalue weighted by Gasteiger charge is -2.29. The average Bonchev–Trinajstić information content (AvgIpc) is 2.49. The lowest BCUT2D eigenvalue weighted by atomic mass is 9.83. The second-order valence-corrected chi connectivity index (χ2v) is 4.60. The number of carbonyl (C=O) groups excluding carboxylic acids is 1. The van der Waals surface area contributed by atoms with E-state index < -0.39 is 0 Å². The van der Waals surface area contributed by atoms with Gasteiger partial charge in [-0.3, -0.25) is 4.79 Å². The van der Waals surface area contributed by atoms with Gasteiger partial charge in [0.15, 0.2) is 5.69 Å². The van der Waals surface area contributed by atoms with Gasteiger partial charge in [0.2, 0.25) is 0 Å². The Balaban J connectivity index is 2.66. The molecular weight excluding hydrogens is 244 g/mol. The molecule has 1 aromatic rings. The third-order valence-electron chi connectivity index (χ3n) is 3.60. The molecule has 0 radical (unpaired) electrons. The highest BCUT2D eigenvalue weighted by atomic mass is 16.3. The molecule has 1 rings (SSSR count). The zero-order valence-corrected chi connectivity index (χ0v) is 11.7. The first-order valence-electron chi connectivity index (χ1n) is 6.51. The van der Waals surface area contributed by atoms with Crippen molar-refractivity contribution >= 4 is 11.7 Å². The Hall–Kier alpha value is -1.69. The molecule has 0 saturated carbocycles. The molecule has 0 aliphatic heterocycles. The van der Waals surface area contributed by atoms with Gasteiger partial charge >= 0.3 is 0 Å². The van der Waals surface area contributed by atoms with E-state index in [0.717, 1.165) is 12.8 Å². The van der Waals surface area contributed by atoms with Gasteiger partial charge in [-0.15, -0.1) is 10.2 Å². The van der Waals surface area contributed by atoms with Crippen molar-refractivity contribution in [2.24, 2.45) is 5.41 Å². The molecule has 0 aliphatic rings. The minimum absolute atomic E-state index is 0.136. The number of rotatable bonds is 7. The minimum Gasteiger partial charge on any atom is -0.396 e. The van der Waals surface area contributed by atoms with Gasteiger partial charge in [0, 0.05) is 19.0 Å². The molecule has 1 heterocycles. The van der Waals surface area contributed by atoms with Crippen LogP contribution in [0.5, 0.6) is 0 Å². The van der Waals surface area contributed by atoms with Crippen LogP contribution in [0.15, 0.2) is 12.1 Å². The van der Waals surface area contributed by atoms with E-state index in [1.165, 1.54) is 0 Å². The predicted octanol–water partition coefficient (Wildman–Crippen LogP) is 1.05. The van der Waals surface area contributed by atoms with Crippen LogP contribution in [0.25, 0.3) is 0 Å². The molecular formula is C13H22N4O2. The number of amides is 1. The minimum atomic E-state index is -0.258. The summed E-state index contributed by atoms with van der Waals surface area (Å²) >= 11 is 0. The summed E-state index contributed by atoms with van der Waals surface area (Å²) in [6, 6.07) is 3.33. The summed E-state index contributed by atoms with van der Waals surface area (Å²) in [5.41, 5.74) is 0.147. The first-order chi connectivity index (χ1) is 9.10. The van der Waals surface area contributed by atoms with Crippen LogP contribution in [0.3, 0.4) is 0 Å². The molecule has 19 heavy (non-hydrogen) atoms. The van der Waals surface area contributed by atoms with Crippen molar-refractivity contribution in [3.63, 3.8) is 0 Å². The molecule has 0 aliphatic carbocycles. The molecule has 0 fully saturated rings. The molecule has 0 spiro atoms. The van der Waals surface area contributed by atoms with Gasteiger partial charge in [-0.05, 0) is 25.0 Å². The van der Waals surface area contributed by atoms with Gasteiger partial charge in [0.1, 0.15) is 5.82 Å². The van der Waals surface area contributed by atoms with Crippen molar-refractivity contribution in [1.29, 1.82) is 0 Å². The van der Waals surface area contributed by atoms with Crippen LogP contribution in [-0.4, -0.2) is 41.4 Å². The molecule has 0 saturated heterocycles. The number of nitrogens with one attached hydrogen (secondary N) is 2. The normalized spacial score (nSPS) is 11.2. The monoisotopic (exact) mass is 266 g/mol. The molecule has 3 N–H and O–H groups in total. The number of aliphatic hydroxyl groups excluding tert-OH is 1. The Morgan fingerprint density at radius 2 is 2.00 bits per heavy atom. The van der Waals surface area contributed by atoms with Crippen molar-refractivity contribution in [3.05, 3.63) is 17.8 Å². The fourth-order valence-corrected chi connectivity index (χ4v) is 1.73. The van der Waals surface area contributed by atoms with Crippen molar-refractivity contribution in [1.82, 2.24) is 15.5 Å². The highest BCUT2D eigenvalue weighted by Crippen LogP contribution is 2.25. The third-order valence-corrected chi connectivity index (χ3v) is 3.60. The topological polar surface area (TPSA) is 87.1 Å². The van der Waals surface area contributed by atoms with Crippen molar-refractivity contribution < 1.29 is 9.90 Å². The van der Waals surface area contributed by atoms with Gasteiger partial charge in [-0.2, -0.15) is 0 Å². The first-order valence-corrected chi connectivity index (χ1v) is 6.51. The van der Waals surface area contributed by atoms with E-state index in [1.54, 1.807) is 19.2 Å². The van der Waals surface area contributed by atoms with Crippen LogP contribution < -0.4 is 10.6 Å². The van der Waals surface area contributed by atoms with E-state index in [4.69, 9.17) is 0 Å². The number of carbonyl (C=O) groups is 1. The number of aromatic nitrogens is 2. The Labute approximate surface area is 113 Å². The number of hydrogen-bond donors (Lipinski definition) is 3. The Bertz CT molecular complexity index is 393. The van der Waals surface area contributed by atoms with E-state index in [1.807, 2.05) is 0 Å². The van der Waals surface area contributed by atoms with E-state index in [9.17, 15) is 9.90 Å². The summed E-state index contributed by atoms with van der Waals surface area (Å²) in [4.78, 5) is 11.3. The van der Waals surface area contributed by atoms with E-state index in [2.05, 4.69) is 34.7 Å². The lowest BCUT2D eigenvalue weighted by Crippen LogP contribution is -2.32. The first kappa shape index (κ1) is 15.4. The number of aliphatic hydroxyl groups is 1. The number of hydrogen-bond acceptors (Lipinski definition) is 5. The van der Waals surface area contributed by atoms with Crippen molar-refractivity contribution in [2.75, 3.05) is 25.5 Å². The summed E-state index contributed by atoms with van der Waals surface area (Å²) in [7, 11) is 1.55. The molecule has 1 amide bonds. The molecule has 6 heteroatoms. The second kappa shape index (κ2) is 7.04. The molecule has 0 bridgehead atoms. The van der Waals surface area contributed by atoms with Crippen LogP contribution in [-0.2, 0) is 0 Å².